The van der Waals surface area contributed by atoms with Crippen LogP contribution in [0.15, 0.2) is 46.7 Å². The van der Waals surface area contributed by atoms with Gasteiger partial charge in [0.2, 0.25) is 17.7 Å². The van der Waals surface area contributed by atoms with E-state index < -0.39 is 52.2 Å². The summed E-state index contributed by atoms with van der Waals surface area (Å²) in [5.74, 6) is -3.20. The summed E-state index contributed by atoms with van der Waals surface area (Å²) in [6.45, 7) is 6.19. The number of amides is 3. The van der Waals surface area contributed by atoms with Crippen LogP contribution in [0.4, 0.5) is 0 Å². The van der Waals surface area contributed by atoms with Crippen molar-refractivity contribution in [2.24, 2.45) is 5.92 Å². The van der Waals surface area contributed by atoms with Gasteiger partial charge >= 0.3 is 5.97 Å². The fraction of sp³-hybridized carbons (Fsp3) is 0.429. The smallest absolute Gasteiger partial charge is 0.305 e. The topological polar surface area (TPSA) is 159 Å². The minimum atomic E-state index is -3.83. The number of carboxylic acids is 1. The fourth-order valence-corrected chi connectivity index (χ4v) is 3.49. The highest BCUT2D eigenvalue weighted by molar-refractivity contribution is 7.94. The van der Waals surface area contributed by atoms with Gasteiger partial charge in [0.1, 0.15) is 12.1 Å². The highest BCUT2D eigenvalue weighted by Gasteiger charge is 2.24. The number of benzene rings is 1. The van der Waals surface area contributed by atoms with Gasteiger partial charge in [-0.25, -0.2) is 8.42 Å². The average molecular weight is 468 g/mol. The van der Waals surface area contributed by atoms with E-state index in [9.17, 15) is 27.6 Å². The van der Waals surface area contributed by atoms with E-state index in [4.69, 9.17) is 5.11 Å². The summed E-state index contributed by atoms with van der Waals surface area (Å²) < 4.78 is 24.7. The molecule has 176 valence electrons. The zero-order valence-corrected chi connectivity index (χ0v) is 19.2. The Hall–Kier alpha value is -3.21. The normalized spacial score (nSPS) is 14.4. The van der Waals surface area contributed by atoms with Crippen molar-refractivity contribution in [2.45, 2.75) is 57.1 Å². The van der Waals surface area contributed by atoms with Crippen LogP contribution >= 0.6 is 0 Å². The molecule has 0 saturated heterocycles. The van der Waals surface area contributed by atoms with Crippen molar-refractivity contribution >= 4 is 33.5 Å². The average Bonchev–Trinajstić information content (AvgIpc) is 2.71. The van der Waals surface area contributed by atoms with E-state index in [1.165, 1.54) is 26.0 Å². The summed E-state index contributed by atoms with van der Waals surface area (Å²) in [5, 5.41) is 17.3. The predicted molar refractivity (Wildman–Crippen MR) is 117 cm³/mol. The Balaban J connectivity index is 2.82. The van der Waals surface area contributed by atoms with Gasteiger partial charge in [-0.15, -0.1) is 0 Å². The quantitative estimate of drug-likeness (QED) is 0.371. The van der Waals surface area contributed by atoms with Gasteiger partial charge in [0.05, 0.1) is 17.4 Å². The van der Waals surface area contributed by atoms with Crippen LogP contribution in [0.3, 0.4) is 0 Å². The van der Waals surface area contributed by atoms with Gasteiger partial charge in [-0.2, -0.15) is 0 Å². The molecule has 0 saturated carbocycles. The zero-order valence-electron chi connectivity index (χ0n) is 18.4. The summed E-state index contributed by atoms with van der Waals surface area (Å²) in [6.07, 6.45) is 0.516. The largest absolute Gasteiger partial charge is 0.481 e. The maximum Gasteiger partial charge on any atom is 0.305 e. The molecular weight excluding hydrogens is 438 g/mol. The van der Waals surface area contributed by atoms with Crippen molar-refractivity contribution in [1.82, 2.24) is 16.0 Å². The van der Waals surface area contributed by atoms with E-state index in [0.717, 1.165) is 11.5 Å². The number of hydrogen-bond acceptors (Lipinski definition) is 6. The number of carboxylic acid groups (broad SMARTS) is 1. The molecule has 0 bridgehead atoms. The Morgan fingerprint density at radius 3 is 1.88 bits per heavy atom. The number of aliphatic carboxylic acids is 1. The number of carbonyl (C=O) groups excluding carboxylic acids is 3. The van der Waals surface area contributed by atoms with Crippen molar-refractivity contribution in [3.63, 3.8) is 0 Å². The van der Waals surface area contributed by atoms with Gasteiger partial charge in [0.15, 0.2) is 9.84 Å². The highest BCUT2D eigenvalue weighted by Crippen LogP contribution is 2.12. The van der Waals surface area contributed by atoms with E-state index in [0.29, 0.717) is 0 Å². The number of hydrogen-bond donors (Lipinski definition) is 4. The first kappa shape index (κ1) is 26.8. The molecule has 4 N–H and O–H groups in total. The maximum atomic E-state index is 12.4. The van der Waals surface area contributed by atoms with Crippen LogP contribution in [0.5, 0.6) is 0 Å². The van der Waals surface area contributed by atoms with Gasteiger partial charge in [0.25, 0.3) is 0 Å². The number of sulfone groups is 1. The van der Waals surface area contributed by atoms with Gasteiger partial charge in [-0.05, 0) is 32.1 Å². The first-order chi connectivity index (χ1) is 14.8. The van der Waals surface area contributed by atoms with Crippen molar-refractivity contribution < 1.29 is 32.7 Å². The summed E-state index contributed by atoms with van der Waals surface area (Å²) in [7, 11) is -3.83. The zero-order chi connectivity index (χ0) is 24.5. The molecule has 3 atom stereocenters. The molecule has 0 fully saturated rings. The number of nitrogens with one attached hydrogen (secondary N) is 3. The molecule has 11 heteroatoms. The fourth-order valence-electron chi connectivity index (χ4n) is 2.40. The van der Waals surface area contributed by atoms with Crippen molar-refractivity contribution in [1.29, 1.82) is 0 Å². The molecule has 0 heterocycles. The SMILES string of the molecule is CC(C)C(=O)NC(C)C(=O)NC(C)C(=O)NC(C=CS(=O)(=O)c1ccccc1)CC(=O)O. The van der Waals surface area contributed by atoms with Crippen molar-refractivity contribution in [2.75, 3.05) is 0 Å². The third kappa shape index (κ3) is 8.88. The Kier molecular flexibility index (Phi) is 10.0. The lowest BCUT2D eigenvalue weighted by atomic mass is 10.1. The van der Waals surface area contributed by atoms with Crippen molar-refractivity contribution in [3.8, 4) is 0 Å². The summed E-state index contributed by atoms with van der Waals surface area (Å²) in [5.41, 5.74) is 0. The molecule has 0 aliphatic heterocycles. The molecule has 32 heavy (non-hydrogen) atoms. The summed E-state index contributed by atoms with van der Waals surface area (Å²) in [4.78, 5) is 47.5. The standard InChI is InChI=1S/C21H29N3O7S/c1-13(2)19(27)22-14(3)20(28)23-15(4)21(29)24-16(12-18(25)26)10-11-32(30,31)17-8-6-5-7-9-17/h5-11,13-16H,12H2,1-4H3,(H,22,27)(H,23,28)(H,24,29)(H,25,26). The molecule has 3 amide bonds. The Morgan fingerprint density at radius 2 is 1.38 bits per heavy atom. The Labute approximate surface area is 187 Å². The molecule has 0 spiro atoms. The van der Waals surface area contributed by atoms with Gasteiger partial charge in [-0.3, -0.25) is 19.2 Å². The first-order valence-electron chi connectivity index (χ1n) is 9.94. The predicted octanol–water partition coefficient (Wildman–Crippen LogP) is 0.599. The van der Waals surface area contributed by atoms with E-state index in [2.05, 4.69) is 16.0 Å². The lowest BCUT2D eigenvalue weighted by molar-refractivity contribution is -0.137. The van der Waals surface area contributed by atoms with E-state index in [1.54, 1.807) is 32.0 Å². The molecule has 0 aliphatic carbocycles. The second-order valence-corrected chi connectivity index (χ2v) is 9.35. The van der Waals surface area contributed by atoms with Gasteiger partial charge in [-0.1, -0.05) is 32.0 Å². The molecule has 10 nitrogen and oxygen atoms in total. The summed E-state index contributed by atoms with van der Waals surface area (Å²) in [6, 6.07) is 4.46. The molecule has 3 unspecified atom stereocenters. The molecule has 1 rings (SSSR count). The van der Waals surface area contributed by atoms with Crippen LogP contribution < -0.4 is 16.0 Å². The second-order valence-electron chi connectivity index (χ2n) is 7.51. The Morgan fingerprint density at radius 1 is 0.875 bits per heavy atom. The monoisotopic (exact) mass is 467 g/mol. The third-order valence-corrected chi connectivity index (χ3v) is 5.76. The van der Waals surface area contributed by atoms with Crippen LogP contribution in [-0.4, -0.2) is 55.3 Å². The minimum Gasteiger partial charge on any atom is -0.481 e. The van der Waals surface area contributed by atoms with E-state index in [-0.39, 0.29) is 16.7 Å². The number of rotatable bonds is 11. The molecule has 0 aliphatic rings. The minimum absolute atomic E-state index is 0.0229. The summed E-state index contributed by atoms with van der Waals surface area (Å²) >= 11 is 0. The third-order valence-electron chi connectivity index (χ3n) is 4.31. The molecule has 0 radical (unpaired) electrons. The van der Waals surface area contributed by atoms with Crippen LogP contribution in [0.2, 0.25) is 0 Å². The lowest BCUT2D eigenvalue weighted by Crippen LogP contribution is -2.53. The molecule has 1 aromatic rings. The molecule has 1 aromatic carbocycles. The maximum absolute atomic E-state index is 12.4. The van der Waals surface area contributed by atoms with Gasteiger partial charge in [0, 0.05) is 11.3 Å². The van der Waals surface area contributed by atoms with E-state index in [1.807, 2.05) is 0 Å². The molecule has 0 aromatic heterocycles. The van der Waals surface area contributed by atoms with Crippen LogP contribution in [-0.2, 0) is 29.0 Å². The second kappa shape index (κ2) is 12.0. The van der Waals surface area contributed by atoms with Crippen molar-refractivity contribution in [3.05, 3.63) is 41.8 Å². The first-order valence-corrected chi connectivity index (χ1v) is 11.5. The van der Waals surface area contributed by atoms with Crippen LogP contribution in [0.25, 0.3) is 0 Å². The van der Waals surface area contributed by atoms with Crippen LogP contribution in [0, 0.1) is 5.92 Å². The van der Waals surface area contributed by atoms with Crippen LogP contribution in [0.1, 0.15) is 34.1 Å². The lowest BCUT2D eigenvalue weighted by Gasteiger charge is -2.21. The number of carbonyl (C=O) groups is 4. The van der Waals surface area contributed by atoms with Gasteiger partial charge < -0.3 is 21.1 Å². The molecular formula is C21H29N3O7S. The Bertz CT molecular complexity index is 959. The highest BCUT2D eigenvalue weighted by atomic mass is 32.2. The van der Waals surface area contributed by atoms with E-state index >= 15 is 0 Å².